The molecule has 2 fully saturated rings. The molecule has 180 valence electrons. The topological polar surface area (TPSA) is 106 Å². The minimum Gasteiger partial charge on any atom is -0.387 e. The summed E-state index contributed by atoms with van der Waals surface area (Å²) in [6.07, 6.45) is 14.5. The second-order valence-electron chi connectivity index (χ2n) is 10.4. The second-order valence-corrected chi connectivity index (χ2v) is 10.4. The standard InChI is InChI=1S/C26H36N8/c1-18-12-23(20(13-27)24(29-3)32-18)33-10-4-22(21(14-33)19(2)28)31-16-25-5-7-26(15-25,8-6-25)34-11-9-30-17-34/h9,11-13,17,27-28,31H,4-8,10,14-16H2,1-3H3,(H,29,32). The molecule has 5 rings (SSSR count). The molecule has 1 aliphatic heterocycles. The van der Waals surface area contributed by atoms with Crippen LogP contribution in [0, 0.1) is 23.2 Å². The largest absolute Gasteiger partial charge is 0.387 e. The van der Waals surface area contributed by atoms with Crippen LogP contribution >= 0.6 is 0 Å². The van der Waals surface area contributed by atoms with Crippen LogP contribution in [0.3, 0.4) is 0 Å². The van der Waals surface area contributed by atoms with Crippen LogP contribution in [-0.2, 0) is 5.54 Å². The maximum absolute atomic E-state index is 8.50. The minimum atomic E-state index is 0.254. The Morgan fingerprint density at radius 1 is 1.26 bits per heavy atom. The van der Waals surface area contributed by atoms with E-state index in [0.29, 0.717) is 17.7 Å². The zero-order chi connectivity index (χ0) is 23.9. The van der Waals surface area contributed by atoms with Gasteiger partial charge >= 0.3 is 0 Å². The molecule has 4 N–H and O–H groups in total. The first-order valence-electron chi connectivity index (χ1n) is 12.3. The van der Waals surface area contributed by atoms with E-state index in [9.17, 15) is 0 Å². The van der Waals surface area contributed by atoms with Gasteiger partial charge in [-0.15, -0.1) is 0 Å². The lowest BCUT2D eigenvalue weighted by molar-refractivity contribution is 0.270. The number of aromatic nitrogens is 3. The van der Waals surface area contributed by atoms with Crippen LogP contribution in [0.4, 0.5) is 11.5 Å². The van der Waals surface area contributed by atoms with E-state index in [1.165, 1.54) is 44.0 Å². The maximum Gasteiger partial charge on any atom is 0.136 e. The Morgan fingerprint density at radius 3 is 2.71 bits per heavy atom. The molecule has 8 nitrogen and oxygen atoms in total. The Kier molecular flexibility index (Phi) is 5.70. The van der Waals surface area contributed by atoms with E-state index in [4.69, 9.17) is 10.8 Å². The number of hydrogen-bond acceptors (Lipinski definition) is 7. The van der Waals surface area contributed by atoms with E-state index in [2.05, 4.69) is 42.3 Å². The fourth-order valence-electron chi connectivity index (χ4n) is 6.49. The molecule has 0 saturated heterocycles. The van der Waals surface area contributed by atoms with Crippen molar-refractivity contribution in [2.24, 2.45) is 5.41 Å². The van der Waals surface area contributed by atoms with Gasteiger partial charge in [-0.1, -0.05) is 0 Å². The molecule has 2 aromatic heterocycles. The summed E-state index contributed by atoms with van der Waals surface area (Å²) in [6.45, 7) is 6.40. The molecule has 0 atom stereocenters. The summed E-state index contributed by atoms with van der Waals surface area (Å²) in [6, 6.07) is 2.06. The number of pyridine rings is 1. The van der Waals surface area contributed by atoms with E-state index in [0.717, 1.165) is 47.8 Å². The average Bonchev–Trinajstić information content (AvgIpc) is 3.59. The normalized spacial score (nSPS) is 26.1. The summed E-state index contributed by atoms with van der Waals surface area (Å²) in [4.78, 5) is 11.1. The Labute approximate surface area is 201 Å². The Balaban J connectivity index is 1.34. The van der Waals surface area contributed by atoms with Crippen molar-refractivity contribution < 1.29 is 0 Å². The quantitative estimate of drug-likeness (QED) is 0.444. The number of aryl methyl sites for hydroxylation is 1. The fourth-order valence-corrected chi connectivity index (χ4v) is 6.49. The first kappa shape index (κ1) is 22.6. The van der Waals surface area contributed by atoms with Crippen LogP contribution in [-0.4, -0.2) is 53.1 Å². The number of imidazole rings is 1. The molecule has 0 amide bonds. The highest BCUT2D eigenvalue weighted by atomic mass is 15.2. The van der Waals surface area contributed by atoms with Gasteiger partial charge in [-0.25, -0.2) is 9.97 Å². The van der Waals surface area contributed by atoms with Gasteiger partial charge in [0.25, 0.3) is 0 Å². The van der Waals surface area contributed by atoms with Gasteiger partial charge in [0, 0.05) is 79.9 Å². The van der Waals surface area contributed by atoms with E-state index >= 15 is 0 Å². The number of rotatable bonds is 8. The fraction of sp³-hybridized carbons (Fsp3) is 0.538. The third-order valence-electron chi connectivity index (χ3n) is 8.36. The molecule has 3 heterocycles. The van der Waals surface area contributed by atoms with Crippen molar-refractivity contribution in [2.45, 2.75) is 57.9 Å². The summed E-state index contributed by atoms with van der Waals surface area (Å²) in [5.41, 5.74) is 6.26. The predicted molar refractivity (Wildman–Crippen MR) is 137 cm³/mol. The van der Waals surface area contributed by atoms with Gasteiger partial charge in [0.2, 0.25) is 0 Å². The molecule has 2 saturated carbocycles. The van der Waals surface area contributed by atoms with Gasteiger partial charge in [-0.3, -0.25) is 0 Å². The van der Waals surface area contributed by atoms with Crippen molar-refractivity contribution in [1.82, 2.24) is 19.9 Å². The number of nitrogens with one attached hydrogen (secondary N) is 4. The Bertz CT molecular complexity index is 1120. The van der Waals surface area contributed by atoms with Gasteiger partial charge in [-0.05, 0) is 57.4 Å². The number of nitrogens with zero attached hydrogens (tertiary/aromatic N) is 4. The smallest absolute Gasteiger partial charge is 0.136 e. The Morgan fingerprint density at radius 2 is 2.06 bits per heavy atom. The third-order valence-corrected chi connectivity index (χ3v) is 8.36. The molecule has 3 aliphatic rings. The van der Waals surface area contributed by atoms with Gasteiger partial charge in [0.15, 0.2) is 0 Å². The predicted octanol–water partition coefficient (Wildman–Crippen LogP) is 4.08. The molecule has 2 aliphatic carbocycles. The summed E-state index contributed by atoms with van der Waals surface area (Å²) in [7, 11) is 1.84. The van der Waals surface area contributed by atoms with Crippen LogP contribution in [0.5, 0.6) is 0 Å². The molecule has 0 unspecified atom stereocenters. The van der Waals surface area contributed by atoms with E-state index in [1.807, 2.05) is 33.4 Å². The highest BCUT2D eigenvalue weighted by Crippen LogP contribution is 2.59. The summed E-state index contributed by atoms with van der Waals surface area (Å²) >= 11 is 0. The number of anilines is 2. The summed E-state index contributed by atoms with van der Waals surface area (Å²) in [5, 5.41) is 23.4. The molecular weight excluding hydrogens is 424 g/mol. The lowest BCUT2D eigenvalue weighted by Crippen LogP contribution is -2.40. The third kappa shape index (κ3) is 3.79. The molecule has 0 aromatic carbocycles. The molecule has 0 radical (unpaired) electrons. The van der Waals surface area contributed by atoms with Crippen LogP contribution < -0.4 is 15.5 Å². The minimum absolute atomic E-state index is 0.254. The zero-order valence-electron chi connectivity index (χ0n) is 20.5. The lowest BCUT2D eigenvalue weighted by Gasteiger charge is -2.36. The van der Waals surface area contributed by atoms with Crippen molar-refractivity contribution in [3.63, 3.8) is 0 Å². The average molecular weight is 461 g/mol. The molecule has 0 spiro atoms. The van der Waals surface area contributed by atoms with Crippen LogP contribution in [0.15, 0.2) is 36.1 Å². The van der Waals surface area contributed by atoms with Crippen molar-refractivity contribution in [2.75, 3.05) is 36.9 Å². The van der Waals surface area contributed by atoms with Crippen molar-refractivity contribution in [3.8, 4) is 0 Å². The van der Waals surface area contributed by atoms with Crippen LogP contribution in [0.25, 0.3) is 0 Å². The van der Waals surface area contributed by atoms with Crippen molar-refractivity contribution in [3.05, 3.63) is 47.3 Å². The Hall–Kier alpha value is -3.16. The van der Waals surface area contributed by atoms with Crippen LogP contribution in [0.1, 0.15) is 56.7 Å². The van der Waals surface area contributed by atoms with Gasteiger partial charge in [0.1, 0.15) is 5.82 Å². The van der Waals surface area contributed by atoms with Gasteiger partial charge < -0.3 is 30.9 Å². The van der Waals surface area contributed by atoms with E-state index < -0.39 is 0 Å². The van der Waals surface area contributed by atoms with Gasteiger partial charge in [0.05, 0.1) is 17.6 Å². The zero-order valence-corrected chi connectivity index (χ0v) is 20.5. The maximum atomic E-state index is 8.50. The first-order chi connectivity index (χ1) is 16.4. The molecule has 34 heavy (non-hydrogen) atoms. The molecule has 8 heteroatoms. The molecule has 2 bridgehead atoms. The molecule has 2 aromatic rings. The van der Waals surface area contributed by atoms with E-state index in [-0.39, 0.29) is 5.54 Å². The molecular formula is C26H36N8. The highest BCUT2D eigenvalue weighted by molar-refractivity contribution is 5.98. The summed E-state index contributed by atoms with van der Waals surface area (Å²) in [5.74, 6) is 0.731. The van der Waals surface area contributed by atoms with Crippen LogP contribution in [0.2, 0.25) is 0 Å². The highest BCUT2D eigenvalue weighted by Gasteiger charge is 2.54. The first-order valence-corrected chi connectivity index (χ1v) is 12.3. The second kappa shape index (κ2) is 8.56. The monoisotopic (exact) mass is 460 g/mol. The lowest BCUT2D eigenvalue weighted by atomic mass is 9.83. The van der Waals surface area contributed by atoms with Crippen molar-refractivity contribution >= 4 is 23.4 Å². The number of fused-ring (bicyclic) bond motifs is 2. The van der Waals surface area contributed by atoms with Crippen molar-refractivity contribution in [1.29, 1.82) is 10.8 Å². The SMILES string of the molecule is CNc1nc(C)cc(N2CCC(NCC34CCC(n5ccnc5)(CC3)C4)=C(C(C)=N)C2)c1C=N. The number of hydrogen-bond donors (Lipinski definition) is 4. The van der Waals surface area contributed by atoms with Gasteiger partial charge in [-0.2, -0.15) is 0 Å². The summed E-state index contributed by atoms with van der Waals surface area (Å²) < 4.78 is 2.35. The van der Waals surface area contributed by atoms with E-state index in [1.54, 1.807) is 0 Å².